The Morgan fingerprint density at radius 1 is 0.971 bits per heavy atom. The molecule has 2 atom stereocenters. The van der Waals surface area contributed by atoms with E-state index in [1.165, 1.54) is 4.90 Å². The molecule has 1 aliphatic heterocycles. The molecule has 0 saturated carbocycles. The molecule has 3 aromatic carbocycles. The first kappa shape index (κ1) is 23.7. The summed E-state index contributed by atoms with van der Waals surface area (Å²) in [6, 6.07) is 22.9. The van der Waals surface area contributed by atoms with E-state index in [0.29, 0.717) is 17.2 Å². The second-order valence-electron chi connectivity index (χ2n) is 7.85. The molecule has 1 aliphatic rings. The minimum absolute atomic E-state index is 0.123. The second kappa shape index (κ2) is 11.1. The molecule has 35 heavy (non-hydrogen) atoms. The summed E-state index contributed by atoms with van der Waals surface area (Å²) in [5, 5.41) is 0. The number of benzene rings is 3. The van der Waals surface area contributed by atoms with Gasteiger partial charge in [0.1, 0.15) is 36.2 Å². The van der Waals surface area contributed by atoms with Crippen molar-refractivity contribution in [2.45, 2.75) is 13.0 Å². The number of ether oxygens (including phenoxy) is 3. The molecule has 0 unspecified atom stereocenters. The van der Waals surface area contributed by atoms with Gasteiger partial charge in [-0.2, -0.15) is 0 Å². The van der Waals surface area contributed by atoms with Gasteiger partial charge in [-0.15, -0.1) is 0 Å². The Hall–Kier alpha value is -4.50. The van der Waals surface area contributed by atoms with Gasteiger partial charge >= 0.3 is 6.09 Å². The molecular weight excluding hydrogens is 442 g/mol. The van der Waals surface area contributed by atoms with Crippen molar-refractivity contribution in [2.75, 3.05) is 18.6 Å². The molecular formula is C29H25NO5. The SMILES string of the molecule is COc1ccc(OCC#C[C@H]2C=C([C@@H](C)C=O)c3ccccc3N2C(=O)Oc2ccccc2)cc1. The summed E-state index contributed by atoms with van der Waals surface area (Å²) in [6.07, 6.45) is 2.17. The molecule has 1 heterocycles. The lowest BCUT2D eigenvalue weighted by atomic mass is 9.88. The van der Waals surface area contributed by atoms with Crippen molar-refractivity contribution in [3.8, 4) is 29.1 Å². The third kappa shape index (κ3) is 5.53. The van der Waals surface area contributed by atoms with Crippen molar-refractivity contribution < 1.29 is 23.8 Å². The zero-order valence-corrected chi connectivity index (χ0v) is 19.5. The summed E-state index contributed by atoms with van der Waals surface area (Å²) < 4.78 is 16.5. The molecule has 0 saturated heterocycles. The van der Waals surface area contributed by atoms with Crippen LogP contribution in [0.3, 0.4) is 0 Å². The van der Waals surface area contributed by atoms with Gasteiger partial charge in [0.25, 0.3) is 0 Å². The summed E-state index contributed by atoms with van der Waals surface area (Å²) in [4.78, 5) is 26.4. The predicted octanol–water partition coefficient (Wildman–Crippen LogP) is 5.38. The molecule has 3 aromatic rings. The van der Waals surface area contributed by atoms with E-state index in [9.17, 15) is 9.59 Å². The van der Waals surface area contributed by atoms with Crippen LogP contribution in [0.4, 0.5) is 10.5 Å². The molecule has 6 heteroatoms. The Kier molecular flexibility index (Phi) is 7.49. The van der Waals surface area contributed by atoms with Gasteiger partial charge in [0.05, 0.1) is 12.8 Å². The summed E-state index contributed by atoms with van der Waals surface area (Å²) >= 11 is 0. The van der Waals surface area contributed by atoms with Crippen LogP contribution in [0.2, 0.25) is 0 Å². The summed E-state index contributed by atoms with van der Waals surface area (Å²) in [5.74, 6) is 7.58. The van der Waals surface area contributed by atoms with E-state index < -0.39 is 12.1 Å². The number of methoxy groups -OCH3 is 1. The summed E-state index contributed by atoms with van der Waals surface area (Å²) in [5.41, 5.74) is 2.24. The number of para-hydroxylation sites is 2. The van der Waals surface area contributed by atoms with Crippen molar-refractivity contribution in [2.24, 2.45) is 5.92 Å². The van der Waals surface area contributed by atoms with Crippen molar-refractivity contribution in [3.05, 3.63) is 90.5 Å². The van der Waals surface area contributed by atoms with Crippen LogP contribution in [0.5, 0.6) is 17.2 Å². The Morgan fingerprint density at radius 2 is 1.66 bits per heavy atom. The number of rotatable bonds is 6. The summed E-state index contributed by atoms with van der Waals surface area (Å²) in [6.45, 7) is 1.95. The highest BCUT2D eigenvalue weighted by atomic mass is 16.6. The van der Waals surface area contributed by atoms with Crippen molar-refractivity contribution in [1.29, 1.82) is 0 Å². The highest BCUT2D eigenvalue weighted by Gasteiger charge is 2.33. The predicted molar refractivity (Wildman–Crippen MR) is 135 cm³/mol. The van der Waals surface area contributed by atoms with E-state index >= 15 is 0 Å². The Bertz CT molecular complexity index is 1270. The average Bonchev–Trinajstić information content (AvgIpc) is 2.90. The van der Waals surface area contributed by atoms with Gasteiger partial charge in [-0.25, -0.2) is 4.79 Å². The van der Waals surface area contributed by atoms with Gasteiger partial charge < -0.3 is 19.0 Å². The number of amides is 1. The van der Waals surface area contributed by atoms with Crippen LogP contribution in [0.25, 0.3) is 5.57 Å². The third-order valence-corrected chi connectivity index (χ3v) is 5.55. The zero-order chi connectivity index (χ0) is 24.6. The van der Waals surface area contributed by atoms with Crippen LogP contribution in [0.15, 0.2) is 84.9 Å². The number of carbonyl (C=O) groups is 2. The smallest absolute Gasteiger partial charge is 0.421 e. The maximum Gasteiger partial charge on any atom is 0.421 e. The number of fused-ring (bicyclic) bond motifs is 1. The van der Waals surface area contributed by atoms with Crippen LogP contribution in [0, 0.1) is 17.8 Å². The van der Waals surface area contributed by atoms with Crippen molar-refractivity contribution in [1.82, 2.24) is 0 Å². The van der Waals surface area contributed by atoms with E-state index in [4.69, 9.17) is 14.2 Å². The molecule has 0 radical (unpaired) electrons. The van der Waals surface area contributed by atoms with E-state index in [2.05, 4.69) is 11.8 Å². The Morgan fingerprint density at radius 3 is 2.37 bits per heavy atom. The second-order valence-corrected chi connectivity index (χ2v) is 7.85. The number of allylic oxidation sites excluding steroid dienone is 1. The first-order valence-corrected chi connectivity index (χ1v) is 11.2. The molecule has 0 bridgehead atoms. The van der Waals surface area contributed by atoms with Gasteiger partial charge in [0.2, 0.25) is 0 Å². The number of carbonyl (C=O) groups excluding carboxylic acids is 2. The van der Waals surface area contributed by atoms with Crippen LogP contribution >= 0.6 is 0 Å². The first-order chi connectivity index (χ1) is 17.1. The fraction of sp³-hybridized carbons (Fsp3) is 0.172. The zero-order valence-electron chi connectivity index (χ0n) is 19.5. The number of nitrogens with zero attached hydrogens (tertiary/aromatic N) is 1. The minimum Gasteiger partial charge on any atom is -0.497 e. The first-order valence-electron chi connectivity index (χ1n) is 11.2. The monoisotopic (exact) mass is 467 g/mol. The largest absolute Gasteiger partial charge is 0.497 e. The van der Waals surface area contributed by atoms with Gasteiger partial charge in [-0.05, 0) is 54.1 Å². The summed E-state index contributed by atoms with van der Waals surface area (Å²) in [7, 11) is 1.60. The van der Waals surface area contributed by atoms with Crippen molar-refractivity contribution >= 4 is 23.6 Å². The van der Waals surface area contributed by atoms with E-state index in [-0.39, 0.29) is 12.5 Å². The third-order valence-electron chi connectivity index (χ3n) is 5.55. The Balaban J connectivity index is 1.62. The molecule has 0 spiro atoms. The lowest BCUT2D eigenvalue weighted by Crippen LogP contribution is -2.43. The molecule has 0 N–H and O–H groups in total. The maximum atomic E-state index is 13.3. The molecule has 0 fully saturated rings. The van der Waals surface area contributed by atoms with Gasteiger partial charge in [0, 0.05) is 11.5 Å². The molecule has 0 aromatic heterocycles. The Labute approximate surface area is 204 Å². The highest BCUT2D eigenvalue weighted by Crippen LogP contribution is 2.37. The molecule has 1 amide bonds. The topological polar surface area (TPSA) is 65.1 Å². The standard InChI is InChI=1S/C29H25NO5/c1-21(20-31)27-19-22(9-8-18-34-24-16-14-23(33-2)15-17-24)30(28-13-7-6-12-26(27)28)29(32)35-25-10-4-3-5-11-25/h3-7,10-17,19-22H,18H2,1-2H3/t21-,22-/m0/s1. The van der Waals surface area contributed by atoms with Gasteiger partial charge in [0.15, 0.2) is 0 Å². The van der Waals surface area contributed by atoms with Crippen LogP contribution in [0.1, 0.15) is 12.5 Å². The fourth-order valence-corrected chi connectivity index (χ4v) is 3.78. The number of hydrogen-bond acceptors (Lipinski definition) is 5. The molecule has 0 aliphatic carbocycles. The minimum atomic E-state index is -0.641. The van der Waals surface area contributed by atoms with E-state index in [1.54, 1.807) is 55.6 Å². The number of aldehydes is 1. The average molecular weight is 468 g/mol. The van der Waals surface area contributed by atoms with Gasteiger partial charge in [-0.3, -0.25) is 4.90 Å². The van der Waals surface area contributed by atoms with E-state index in [1.807, 2.05) is 43.3 Å². The fourth-order valence-electron chi connectivity index (χ4n) is 3.78. The van der Waals surface area contributed by atoms with Gasteiger partial charge in [-0.1, -0.05) is 55.2 Å². The normalized spacial score (nSPS) is 15.0. The lowest BCUT2D eigenvalue weighted by molar-refractivity contribution is -0.109. The molecule has 4 rings (SSSR count). The maximum absolute atomic E-state index is 13.3. The van der Waals surface area contributed by atoms with E-state index in [0.717, 1.165) is 23.2 Å². The number of hydrogen-bond donors (Lipinski definition) is 0. The molecule has 176 valence electrons. The van der Waals surface area contributed by atoms with Crippen molar-refractivity contribution in [3.63, 3.8) is 0 Å². The molecule has 6 nitrogen and oxygen atoms in total. The lowest BCUT2D eigenvalue weighted by Gasteiger charge is -2.33. The highest BCUT2D eigenvalue weighted by molar-refractivity contribution is 5.99. The van der Waals surface area contributed by atoms with Crippen LogP contribution in [-0.4, -0.2) is 32.1 Å². The quantitative estimate of drug-likeness (QED) is 0.360. The number of anilines is 1. The van der Waals surface area contributed by atoms with Crippen LogP contribution < -0.4 is 19.1 Å². The van der Waals surface area contributed by atoms with Crippen LogP contribution in [-0.2, 0) is 4.79 Å².